The first-order valence-electron chi connectivity index (χ1n) is 6.91. The number of aliphatic hydroxyl groups is 1. The minimum Gasteiger partial charge on any atom is -0.481 e. The van der Waals surface area contributed by atoms with Crippen molar-refractivity contribution in [3.05, 3.63) is 35.9 Å². The van der Waals surface area contributed by atoms with Gasteiger partial charge < -0.3 is 20.0 Å². The van der Waals surface area contributed by atoms with Crippen molar-refractivity contribution in [2.45, 2.75) is 19.4 Å². The van der Waals surface area contributed by atoms with Crippen molar-refractivity contribution in [1.82, 2.24) is 9.80 Å². The number of aliphatic hydroxyl groups excluding tert-OH is 1. The molecule has 21 heavy (non-hydrogen) atoms. The van der Waals surface area contributed by atoms with Crippen LogP contribution in [0.1, 0.15) is 18.4 Å². The summed E-state index contributed by atoms with van der Waals surface area (Å²) in [5.41, 5.74) is 0.984. The standard InChI is InChI=1S/C15H22N2O4/c1-16(9-5-8-14(19)20)15(21)17(10-11-18)12-13-6-3-2-4-7-13/h2-4,6-7,18H,5,8-12H2,1H3,(H,19,20). The predicted molar refractivity (Wildman–Crippen MR) is 78.8 cm³/mol. The minimum absolute atomic E-state index is 0.0380. The van der Waals surface area contributed by atoms with Gasteiger partial charge in [-0.3, -0.25) is 4.79 Å². The number of carbonyl (C=O) groups excluding carboxylic acids is 1. The lowest BCUT2D eigenvalue weighted by molar-refractivity contribution is -0.137. The molecule has 0 aliphatic carbocycles. The Balaban J connectivity index is 2.57. The first kappa shape index (κ1) is 17.0. The molecule has 6 heteroatoms. The van der Waals surface area contributed by atoms with Gasteiger partial charge in [-0.05, 0) is 12.0 Å². The third-order valence-corrected chi connectivity index (χ3v) is 3.07. The SMILES string of the molecule is CN(CCCC(=O)O)C(=O)N(CCO)Cc1ccccc1. The van der Waals surface area contributed by atoms with Crippen LogP contribution in [0.2, 0.25) is 0 Å². The van der Waals surface area contributed by atoms with Gasteiger partial charge >= 0.3 is 12.0 Å². The Kier molecular flexibility index (Phi) is 7.25. The molecule has 0 saturated carbocycles. The molecule has 1 rings (SSSR count). The molecule has 0 fully saturated rings. The van der Waals surface area contributed by atoms with Crippen LogP contribution >= 0.6 is 0 Å². The predicted octanol–water partition coefficient (Wildman–Crippen LogP) is 1.40. The molecule has 0 spiro atoms. The Morgan fingerprint density at radius 2 is 1.81 bits per heavy atom. The third-order valence-electron chi connectivity index (χ3n) is 3.07. The van der Waals surface area contributed by atoms with Gasteiger partial charge in [0.25, 0.3) is 0 Å². The molecule has 0 radical (unpaired) electrons. The highest BCUT2D eigenvalue weighted by Crippen LogP contribution is 2.07. The van der Waals surface area contributed by atoms with Gasteiger partial charge in [-0.1, -0.05) is 30.3 Å². The van der Waals surface area contributed by atoms with Gasteiger partial charge in [-0.2, -0.15) is 0 Å². The van der Waals surface area contributed by atoms with E-state index in [0.717, 1.165) is 5.56 Å². The molecule has 0 unspecified atom stereocenters. The molecular formula is C15H22N2O4. The largest absolute Gasteiger partial charge is 0.481 e. The number of nitrogens with zero attached hydrogens (tertiary/aromatic N) is 2. The molecule has 0 aliphatic heterocycles. The molecular weight excluding hydrogens is 272 g/mol. The molecule has 0 heterocycles. The second kappa shape index (κ2) is 8.97. The summed E-state index contributed by atoms with van der Waals surface area (Å²) in [5, 5.41) is 17.7. The number of hydrogen-bond acceptors (Lipinski definition) is 3. The molecule has 0 saturated heterocycles. The Labute approximate surface area is 124 Å². The summed E-state index contributed by atoms with van der Waals surface area (Å²) < 4.78 is 0. The van der Waals surface area contributed by atoms with E-state index in [1.165, 1.54) is 4.90 Å². The monoisotopic (exact) mass is 294 g/mol. The lowest BCUT2D eigenvalue weighted by Crippen LogP contribution is -2.42. The quantitative estimate of drug-likeness (QED) is 0.759. The lowest BCUT2D eigenvalue weighted by Gasteiger charge is -2.27. The zero-order chi connectivity index (χ0) is 15.7. The van der Waals surface area contributed by atoms with E-state index in [4.69, 9.17) is 10.2 Å². The number of carboxylic acids is 1. The summed E-state index contributed by atoms with van der Waals surface area (Å²) in [4.78, 5) is 25.8. The van der Waals surface area contributed by atoms with E-state index in [9.17, 15) is 9.59 Å². The number of hydrogen-bond donors (Lipinski definition) is 2. The Morgan fingerprint density at radius 1 is 1.14 bits per heavy atom. The van der Waals surface area contributed by atoms with E-state index < -0.39 is 5.97 Å². The van der Waals surface area contributed by atoms with Crippen molar-refractivity contribution >= 4 is 12.0 Å². The van der Waals surface area contributed by atoms with Crippen LogP contribution in [0.4, 0.5) is 4.79 Å². The number of carboxylic acid groups (broad SMARTS) is 1. The number of aliphatic carboxylic acids is 1. The Morgan fingerprint density at radius 3 is 2.38 bits per heavy atom. The van der Waals surface area contributed by atoms with Crippen LogP contribution in [0.3, 0.4) is 0 Å². The molecule has 6 nitrogen and oxygen atoms in total. The van der Waals surface area contributed by atoms with Gasteiger partial charge in [0.2, 0.25) is 0 Å². The van der Waals surface area contributed by atoms with Crippen molar-refractivity contribution in [1.29, 1.82) is 0 Å². The molecule has 2 N–H and O–H groups in total. The molecule has 0 aromatic heterocycles. The molecule has 116 valence electrons. The summed E-state index contributed by atoms with van der Waals surface area (Å²) in [6.07, 6.45) is 0.451. The molecule has 2 amide bonds. The van der Waals surface area contributed by atoms with E-state index in [1.807, 2.05) is 30.3 Å². The van der Waals surface area contributed by atoms with E-state index >= 15 is 0 Å². The maximum absolute atomic E-state index is 12.3. The van der Waals surface area contributed by atoms with Gasteiger partial charge in [-0.15, -0.1) is 0 Å². The average Bonchev–Trinajstić information content (AvgIpc) is 2.46. The lowest BCUT2D eigenvalue weighted by atomic mass is 10.2. The van der Waals surface area contributed by atoms with Crippen LogP contribution in [0, 0.1) is 0 Å². The first-order chi connectivity index (χ1) is 10.0. The van der Waals surface area contributed by atoms with Crippen molar-refractivity contribution in [2.75, 3.05) is 26.7 Å². The van der Waals surface area contributed by atoms with Crippen LogP contribution in [-0.2, 0) is 11.3 Å². The van der Waals surface area contributed by atoms with E-state index in [-0.39, 0.29) is 25.6 Å². The number of rotatable bonds is 8. The third kappa shape index (κ3) is 6.27. The second-order valence-corrected chi connectivity index (χ2v) is 4.83. The second-order valence-electron chi connectivity index (χ2n) is 4.83. The topological polar surface area (TPSA) is 81.1 Å². The zero-order valence-electron chi connectivity index (χ0n) is 12.2. The van der Waals surface area contributed by atoms with E-state index in [0.29, 0.717) is 19.5 Å². The summed E-state index contributed by atoms with van der Waals surface area (Å²) >= 11 is 0. The van der Waals surface area contributed by atoms with Gasteiger partial charge in [0, 0.05) is 33.1 Å². The number of amides is 2. The van der Waals surface area contributed by atoms with Crippen molar-refractivity contribution in [3.8, 4) is 0 Å². The van der Waals surface area contributed by atoms with Crippen LogP contribution in [-0.4, -0.2) is 58.8 Å². The highest BCUT2D eigenvalue weighted by molar-refractivity contribution is 5.74. The van der Waals surface area contributed by atoms with Crippen LogP contribution in [0.5, 0.6) is 0 Å². The molecule has 0 aliphatic rings. The molecule has 1 aromatic rings. The van der Waals surface area contributed by atoms with Crippen LogP contribution < -0.4 is 0 Å². The van der Waals surface area contributed by atoms with Gasteiger partial charge in [0.15, 0.2) is 0 Å². The number of carbonyl (C=O) groups is 2. The smallest absolute Gasteiger partial charge is 0.320 e. The van der Waals surface area contributed by atoms with Gasteiger partial charge in [-0.25, -0.2) is 4.79 Å². The Bertz CT molecular complexity index is 450. The summed E-state index contributed by atoms with van der Waals surface area (Å²) in [6, 6.07) is 9.32. The van der Waals surface area contributed by atoms with E-state index in [2.05, 4.69) is 0 Å². The van der Waals surface area contributed by atoms with Crippen LogP contribution in [0.25, 0.3) is 0 Å². The minimum atomic E-state index is -0.868. The van der Waals surface area contributed by atoms with Gasteiger partial charge in [0.1, 0.15) is 0 Å². The summed E-state index contributed by atoms with van der Waals surface area (Å²) in [6.45, 7) is 0.934. The molecule has 0 bridgehead atoms. The fourth-order valence-corrected chi connectivity index (χ4v) is 1.97. The average molecular weight is 294 g/mol. The normalized spacial score (nSPS) is 10.2. The van der Waals surface area contributed by atoms with Crippen LogP contribution in [0.15, 0.2) is 30.3 Å². The highest BCUT2D eigenvalue weighted by atomic mass is 16.4. The zero-order valence-corrected chi connectivity index (χ0v) is 12.2. The fourth-order valence-electron chi connectivity index (χ4n) is 1.97. The number of urea groups is 1. The Hall–Kier alpha value is -2.08. The maximum Gasteiger partial charge on any atom is 0.320 e. The number of benzene rings is 1. The summed E-state index contributed by atoms with van der Waals surface area (Å²) in [5.74, 6) is -0.868. The van der Waals surface area contributed by atoms with E-state index in [1.54, 1.807) is 11.9 Å². The first-order valence-corrected chi connectivity index (χ1v) is 6.91. The van der Waals surface area contributed by atoms with Gasteiger partial charge in [0.05, 0.1) is 6.61 Å². The van der Waals surface area contributed by atoms with Crippen molar-refractivity contribution < 1.29 is 19.8 Å². The van der Waals surface area contributed by atoms with Crippen molar-refractivity contribution in [2.24, 2.45) is 0 Å². The highest BCUT2D eigenvalue weighted by Gasteiger charge is 2.17. The fraction of sp³-hybridized carbons (Fsp3) is 0.467. The molecule has 1 aromatic carbocycles. The van der Waals surface area contributed by atoms with Crippen molar-refractivity contribution in [3.63, 3.8) is 0 Å². The molecule has 0 atom stereocenters. The maximum atomic E-state index is 12.3. The summed E-state index contributed by atoms with van der Waals surface area (Å²) in [7, 11) is 1.64.